The van der Waals surface area contributed by atoms with Gasteiger partial charge in [0, 0.05) is 5.69 Å². The minimum Gasteiger partial charge on any atom is -0.507 e. The molecule has 2 aromatic carbocycles. The number of nitrogens with zero attached hydrogens (tertiary/aromatic N) is 2. The normalized spacial score (nSPS) is 12.1. The summed E-state index contributed by atoms with van der Waals surface area (Å²) in [4.78, 5) is 24.7. The first-order valence-electron chi connectivity index (χ1n) is 8.30. The monoisotopic (exact) mass is 404 g/mol. The third-order valence-corrected chi connectivity index (χ3v) is 4.01. The third kappa shape index (κ3) is 4.05. The molecule has 0 aliphatic carbocycles. The number of nitrogens with one attached hydrogen (secondary N) is 2. The maximum absolute atomic E-state index is 13.6. The summed E-state index contributed by atoms with van der Waals surface area (Å²) in [5.74, 6) is -1.47. The number of benzene rings is 2. The molecule has 1 amide bonds. The van der Waals surface area contributed by atoms with Crippen LogP contribution in [0.5, 0.6) is 5.75 Å². The average molecular weight is 404 g/mol. The van der Waals surface area contributed by atoms with E-state index in [-0.39, 0.29) is 11.3 Å². The Kier molecular flexibility index (Phi) is 5.26. The van der Waals surface area contributed by atoms with Crippen LogP contribution >= 0.6 is 0 Å². The second-order valence-corrected chi connectivity index (χ2v) is 6.00. The molecule has 0 fully saturated rings. The number of carbonyl (C=O) groups is 1. The van der Waals surface area contributed by atoms with Crippen molar-refractivity contribution >= 4 is 11.6 Å². The summed E-state index contributed by atoms with van der Waals surface area (Å²) in [6, 6.07) is 13.4. The Balaban J connectivity index is 2.04. The van der Waals surface area contributed by atoms with Gasteiger partial charge in [0.2, 0.25) is 0 Å². The molecule has 1 aromatic heterocycles. The van der Waals surface area contributed by atoms with Gasteiger partial charge in [-0.05, 0) is 31.2 Å². The third-order valence-electron chi connectivity index (χ3n) is 4.01. The molecule has 0 spiro atoms. The van der Waals surface area contributed by atoms with E-state index in [1.165, 1.54) is 31.2 Å². The Labute approximate surface area is 162 Å². The van der Waals surface area contributed by atoms with E-state index < -0.39 is 34.7 Å². The molecule has 7 nitrogen and oxygen atoms in total. The zero-order chi connectivity index (χ0) is 21.2. The molecule has 1 heterocycles. The molecule has 0 saturated carbocycles. The van der Waals surface area contributed by atoms with Crippen molar-refractivity contribution in [3.05, 3.63) is 81.8 Å². The number of aryl methyl sites for hydroxylation is 1. The molecule has 3 aromatic rings. The van der Waals surface area contributed by atoms with Crippen molar-refractivity contribution in [2.75, 3.05) is 0 Å². The van der Waals surface area contributed by atoms with Crippen LogP contribution in [0.3, 0.4) is 0 Å². The lowest BCUT2D eigenvalue weighted by Crippen LogP contribution is -2.33. The van der Waals surface area contributed by atoms with Gasteiger partial charge < -0.3 is 5.11 Å². The second kappa shape index (κ2) is 7.66. The summed E-state index contributed by atoms with van der Waals surface area (Å²) in [7, 11) is 0. The number of aromatic nitrogens is 2. The Morgan fingerprint density at radius 3 is 2.34 bits per heavy atom. The van der Waals surface area contributed by atoms with E-state index >= 15 is 0 Å². The molecule has 0 bridgehead atoms. The largest absolute Gasteiger partial charge is 0.507 e. The number of aromatic amines is 1. The van der Waals surface area contributed by atoms with E-state index in [2.05, 4.69) is 10.2 Å². The molecule has 3 rings (SSSR count). The first kappa shape index (κ1) is 19.9. The second-order valence-electron chi connectivity index (χ2n) is 6.00. The fraction of sp³-hybridized carbons (Fsp3) is 0.105. The smallest absolute Gasteiger partial charge is 0.435 e. The zero-order valence-corrected chi connectivity index (χ0v) is 15.0. The lowest BCUT2D eigenvalue weighted by atomic mass is 10.1. The number of alkyl halides is 3. The number of phenolic OH excluding ortho intramolecular Hbond substituents is 1. The molecule has 0 aliphatic heterocycles. The number of hydrogen-bond donors (Lipinski definition) is 3. The molecular weight excluding hydrogens is 389 g/mol. The molecule has 0 saturated heterocycles. The van der Waals surface area contributed by atoms with Gasteiger partial charge in [0.25, 0.3) is 11.5 Å². The van der Waals surface area contributed by atoms with Crippen molar-refractivity contribution in [1.29, 1.82) is 0 Å². The van der Waals surface area contributed by atoms with Crippen LogP contribution in [0, 0.1) is 6.92 Å². The molecule has 29 heavy (non-hydrogen) atoms. The van der Waals surface area contributed by atoms with Crippen LogP contribution in [0.1, 0.15) is 21.6 Å². The average Bonchev–Trinajstić information content (AvgIpc) is 2.96. The maximum atomic E-state index is 13.6. The Hall–Kier alpha value is -3.82. The van der Waals surface area contributed by atoms with Crippen molar-refractivity contribution in [1.82, 2.24) is 15.2 Å². The molecule has 10 heteroatoms. The highest BCUT2D eigenvalue weighted by Gasteiger charge is 2.41. The highest BCUT2D eigenvalue weighted by atomic mass is 19.4. The predicted molar refractivity (Wildman–Crippen MR) is 99.3 cm³/mol. The van der Waals surface area contributed by atoms with Gasteiger partial charge in [-0.1, -0.05) is 30.3 Å². The highest BCUT2D eigenvalue weighted by Crippen LogP contribution is 2.23. The van der Waals surface area contributed by atoms with E-state index in [4.69, 9.17) is 0 Å². The number of carbonyl (C=O) groups excluding carboxylic acids is 1. The Morgan fingerprint density at radius 1 is 1.10 bits per heavy atom. The van der Waals surface area contributed by atoms with Gasteiger partial charge >= 0.3 is 6.18 Å². The molecule has 3 N–H and O–H groups in total. The van der Waals surface area contributed by atoms with Crippen molar-refractivity contribution in [3.63, 3.8) is 0 Å². The van der Waals surface area contributed by atoms with E-state index in [0.29, 0.717) is 5.69 Å². The van der Waals surface area contributed by atoms with Crippen molar-refractivity contribution < 1.29 is 23.1 Å². The minimum atomic E-state index is -5.02. The number of hydrogen-bond acceptors (Lipinski definition) is 4. The first-order valence-corrected chi connectivity index (χ1v) is 8.30. The standard InChI is InChI=1S/C19H15F3N4O3/c1-11-15(18(29)26(25-11)12-7-3-2-4-8-12)16(19(20,21)22)23-24-17(28)13-9-5-6-10-14(13)27/h2-10,25,27H,1H3,(H,24,28)/b23-16+. The lowest BCUT2D eigenvalue weighted by Gasteiger charge is -2.10. The molecule has 150 valence electrons. The summed E-state index contributed by atoms with van der Waals surface area (Å²) >= 11 is 0. The molecule has 0 atom stereocenters. The van der Waals surface area contributed by atoms with Crippen LogP contribution in [0.25, 0.3) is 5.69 Å². The quantitative estimate of drug-likeness (QED) is 0.461. The molecule has 0 unspecified atom stereocenters. The van der Waals surface area contributed by atoms with Crippen molar-refractivity contribution in [3.8, 4) is 11.4 Å². The Bertz CT molecular complexity index is 1130. The van der Waals surface area contributed by atoms with Gasteiger partial charge in [-0.25, -0.2) is 10.1 Å². The molecule has 0 radical (unpaired) electrons. The van der Waals surface area contributed by atoms with Crippen LogP contribution in [0.2, 0.25) is 0 Å². The predicted octanol–water partition coefficient (Wildman–Crippen LogP) is 2.88. The van der Waals surface area contributed by atoms with Crippen LogP contribution < -0.4 is 11.0 Å². The summed E-state index contributed by atoms with van der Waals surface area (Å²) in [6.07, 6.45) is -5.02. The number of amides is 1. The van der Waals surface area contributed by atoms with Crippen molar-refractivity contribution in [2.45, 2.75) is 13.1 Å². The van der Waals surface area contributed by atoms with Gasteiger partial charge in [0.1, 0.15) is 5.75 Å². The fourth-order valence-electron chi connectivity index (χ4n) is 2.68. The van der Waals surface area contributed by atoms with E-state index in [9.17, 15) is 27.9 Å². The van der Waals surface area contributed by atoms with Crippen LogP contribution in [0.4, 0.5) is 13.2 Å². The summed E-state index contributed by atoms with van der Waals surface area (Å²) < 4.78 is 41.8. The number of phenols is 1. The highest BCUT2D eigenvalue weighted by molar-refractivity contribution is 6.06. The number of para-hydroxylation sites is 2. The maximum Gasteiger partial charge on any atom is 0.435 e. The molecular formula is C19H15F3N4O3. The van der Waals surface area contributed by atoms with Crippen molar-refractivity contribution in [2.24, 2.45) is 5.10 Å². The summed E-state index contributed by atoms with van der Waals surface area (Å²) in [6.45, 7) is 1.29. The van der Waals surface area contributed by atoms with Gasteiger partial charge in [0.05, 0.1) is 16.8 Å². The Morgan fingerprint density at radius 2 is 1.72 bits per heavy atom. The summed E-state index contributed by atoms with van der Waals surface area (Å²) in [5, 5.41) is 15.4. The number of rotatable bonds is 4. The molecule has 0 aliphatic rings. The minimum absolute atomic E-state index is 0.0771. The van der Waals surface area contributed by atoms with Gasteiger partial charge in [-0.15, -0.1) is 0 Å². The zero-order valence-electron chi connectivity index (χ0n) is 15.0. The van der Waals surface area contributed by atoms with Gasteiger partial charge in [-0.3, -0.25) is 14.7 Å². The SMILES string of the molecule is Cc1[nH]n(-c2ccccc2)c(=O)c1/C(=N\NC(=O)c1ccccc1O)C(F)(F)F. The van der Waals surface area contributed by atoms with Crippen LogP contribution in [-0.2, 0) is 0 Å². The van der Waals surface area contributed by atoms with Gasteiger partial charge in [0.15, 0.2) is 5.71 Å². The van der Waals surface area contributed by atoms with E-state index in [1.54, 1.807) is 35.8 Å². The first-order chi connectivity index (χ1) is 13.7. The number of H-pyrrole nitrogens is 1. The topological polar surface area (TPSA) is 99.5 Å². The fourth-order valence-corrected chi connectivity index (χ4v) is 2.68. The van der Waals surface area contributed by atoms with Crippen LogP contribution in [0.15, 0.2) is 64.5 Å². The number of aromatic hydroxyl groups is 1. The lowest BCUT2D eigenvalue weighted by molar-refractivity contribution is -0.0584. The number of halogens is 3. The number of hydrazone groups is 1. The summed E-state index contributed by atoms with van der Waals surface area (Å²) in [5.41, 5.74) is -1.50. The van der Waals surface area contributed by atoms with Crippen LogP contribution in [-0.4, -0.2) is 32.7 Å². The van der Waals surface area contributed by atoms with E-state index in [1.807, 2.05) is 0 Å². The van der Waals surface area contributed by atoms with Gasteiger partial charge in [-0.2, -0.15) is 18.3 Å². The van der Waals surface area contributed by atoms with E-state index in [0.717, 1.165) is 4.68 Å².